The highest BCUT2D eigenvalue weighted by molar-refractivity contribution is 6.12. The summed E-state index contributed by atoms with van der Waals surface area (Å²) in [6.45, 7) is 9.63. The third-order valence-electron chi connectivity index (χ3n) is 16.7. The zero-order chi connectivity index (χ0) is 48.0. The summed E-state index contributed by atoms with van der Waals surface area (Å²) in [5.41, 5.74) is 25.3. The molecule has 0 amide bonds. The first kappa shape index (κ1) is 41.1. The molecule has 11 aromatic carbocycles. The first-order valence-corrected chi connectivity index (χ1v) is 25.4. The lowest BCUT2D eigenvalue weighted by Gasteiger charge is -2.24. The van der Waals surface area contributed by atoms with Crippen molar-refractivity contribution in [2.75, 3.05) is 0 Å². The Balaban J connectivity index is 0.755. The van der Waals surface area contributed by atoms with Gasteiger partial charge in [-0.1, -0.05) is 179 Å². The van der Waals surface area contributed by atoms with Gasteiger partial charge in [-0.15, -0.1) is 0 Å². The molecular formula is C70H50N2. The van der Waals surface area contributed by atoms with Gasteiger partial charge in [-0.3, -0.25) is 0 Å². The van der Waals surface area contributed by atoms with E-state index in [1.807, 2.05) is 0 Å². The van der Waals surface area contributed by atoms with Crippen molar-refractivity contribution in [2.24, 2.45) is 0 Å². The number of fused-ring (bicyclic) bond motifs is 13. The number of hydrogen-bond acceptors (Lipinski definition) is 0. The zero-order valence-electron chi connectivity index (χ0n) is 40.8. The van der Waals surface area contributed by atoms with E-state index in [0.29, 0.717) is 0 Å². The summed E-state index contributed by atoms with van der Waals surface area (Å²) in [5.74, 6) is 0. The van der Waals surface area contributed by atoms with E-state index in [1.165, 1.54) is 144 Å². The predicted molar refractivity (Wildman–Crippen MR) is 304 cm³/mol. The van der Waals surface area contributed by atoms with Crippen molar-refractivity contribution in [1.29, 1.82) is 0 Å². The molecule has 72 heavy (non-hydrogen) atoms. The molecule has 15 rings (SSSR count). The van der Waals surface area contributed by atoms with Crippen LogP contribution in [0.3, 0.4) is 0 Å². The molecule has 0 saturated carbocycles. The Hall–Kier alpha value is -8.72. The smallest absolute Gasteiger partial charge is 0.0541 e. The standard InChI is InChI=1S/C70H50N2/c1-69(2)60-39-46(44-29-35-67-58(37-44)56-20-10-12-22-65(56)71(67)50-17-6-5-7-18-50)25-31-52(60)54-33-27-48(41-62(54)69)49-28-34-55-53-32-26-47(40-61(53)70(3,4)63(55)42-49)45-30-36-68-59(38-45)57-21-11-13-23-66(57)72(68)64-24-14-16-43-15-8-9-19-51(43)64/h5-42H,1-4H3. The number of hydrogen-bond donors (Lipinski definition) is 0. The van der Waals surface area contributed by atoms with Gasteiger partial charge in [0.05, 0.1) is 27.8 Å². The normalized spacial score (nSPS) is 14.1. The fourth-order valence-corrected chi connectivity index (χ4v) is 13.0. The molecule has 2 nitrogen and oxygen atoms in total. The van der Waals surface area contributed by atoms with Gasteiger partial charge in [0.2, 0.25) is 0 Å². The third-order valence-corrected chi connectivity index (χ3v) is 16.7. The van der Waals surface area contributed by atoms with Crippen molar-refractivity contribution < 1.29 is 0 Å². The monoisotopic (exact) mass is 918 g/mol. The molecule has 0 saturated heterocycles. The van der Waals surface area contributed by atoms with Gasteiger partial charge >= 0.3 is 0 Å². The minimum absolute atomic E-state index is 0.166. The Morgan fingerprint density at radius 1 is 0.264 bits per heavy atom. The average Bonchev–Trinajstić information content (AvgIpc) is 4.08. The largest absolute Gasteiger partial charge is 0.309 e. The molecule has 0 N–H and O–H groups in total. The van der Waals surface area contributed by atoms with E-state index in [1.54, 1.807) is 0 Å². The van der Waals surface area contributed by atoms with E-state index in [0.717, 1.165) is 0 Å². The van der Waals surface area contributed by atoms with Crippen molar-refractivity contribution in [3.63, 3.8) is 0 Å². The fraction of sp³-hybridized carbons (Fsp3) is 0.0857. The summed E-state index contributed by atoms with van der Waals surface area (Å²) < 4.78 is 4.84. The fourth-order valence-electron chi connectivity index (χ4n) is 13.0. The van der Waals surface area contributed by atoms with Gasteiger partial charge in [0.1, 0.15) is 0 Å². The molecule has 2 aliphatic rings. The molecular weight excluding hydrogens is 869 g/mol. The Morgan fingerprint density at radius 3 is 1.12 bits per heavy atom. The van der Waals surface area contributed by atoms with Crippen molar-refractivity contribution >= 4 is 54.4 Å². The van der Waals surface area contributed by atoms with Crippen LogP contribution in [0.25, 0.3) is 121 Å². The molecule has 0 bridgehead atoms. The van der Waals surface area contributed by atoms with Gasteiger partial charge in [0, 0.05) is 43.4 Å². The second kappa shape index (κ2) is 14.9. The summed E-state index contributed by atoms with van der Waals surface area (Å²) in [6, 6.07) is 86.4. The van der Waals surface area contributed by atoms with Gasteiger partial charge in [0.15, 0.2) is 0 Å². The van der Waals surface area contributed by atoms with Crippen LogP contribution in [0.5, 0.6) is 0 Å². The molecule has 0 radical (unpaired) electrons. The summed E-state index contributed by atoms with van der Waals surface area (Å²) >= 11 is 0. The molecule has 13 aromatic rings. The number of benzene rings is 11. The maximum atomic E-state index is 2.48. The Labute approximate surface area is 419 Å². The minimum Gasteiger partial charge on any atom is -0.309 e. The van der Waals surface area contributed by atoms with Crippen LogP contribution >= 0.6 is 0 Å². The van der Waals surface area contributed by atoms with E-state index >= 15 is 0 Å². The number of para-hydroxylation sites is 3. The van der Waals surface area contributed by atoms with Crippen LogP contribution in [0.15, 0.2) is 231 Å². The minimum atomic E-state index is -0.173. The van der Waals surface area contributed by atoms with E-state index in [2.05, 4.69) is 267 Å². The summed E-state index contributed by atoms with van der Waals surface area (Å²) in [6.07, 6.45) is 0. The summed E-state index contributed by atoms with van der Waals surface area (Å²) in [4.78, 5) is 0. The van der Waals surface area contributed by atoms with Crippen LogP contribution in [0, 0.1) is 0 Å². The van der Waals surface area contributed by atoms with E-state index in [4.69, 9.17) is 0 Å². The topological polar surface area (TPSA) is 9.86 Å². The predicted octanol–water partition coefficient (Wildman–Crippen LogP) is 18.6. The van der Waals surface area contributed by atoms with Crippen molar-refractivity contribution in [3.05, 3.63) is 253 Å². The van der Waals surface area contributed by atoms with Crippen molar-refractivity contribution in [2.45, 2.75) is 38.5 Å². The number of rotatable bonds is 5. The molecule has 0 spiro atoms. The number of nitrogens with zero attached hydrogens (tertiary/aromatic N) is 2. The highest BCUT2D eigenvalue weighted by Gasteiger charge is 2.38. The highest BCUT2D eigenvalue weighted by atomic mass is 15.0. The van der Waals surface area contributed by atoms with Crippen LogP contribution < -0.4 is 0 Å². The summed E-state index contributed by atoms with van der Waals surface area (Å²) in [7, 11) is 0. The SMILES string of the molecule is CC1(C)c2cc(-c3ccc4c(c3)C(C)(C)c3cc(-c5ccc6c(c5)c5ccccc5n6-c5cccc6ccccc56)ccc3-4)ccc2-c2ccc(-c3ccc4c(c3)c3ccccc3n4-c3ccccc3)cc21. The number of aromatic nitrogens is 2. The van der Waals surface area contributed by atoms with Gasteiger partial charge in [-0.05, 0) is 162 Å². The maximum Gasteiger partial charge on any atom is 0.0541 e. The van der Waals surface area contributed by atoms with Crippen LogP contribution in [0.4, 0.5) is 0 Å². The third kappa shape index (κ3) is 5.78. The lowest BCUT2D eigenvalue weighted by atomic mass is 9.79. The quantitative estimate of drug-likeness (QED) is 0.163. The molecule has 2 aliphatic carbocycles. The van der Waals surface area contributed by atoms with E-state index < -0.39 is 0 Å². The van der Waals surface area contributed by atoms with Crippen LogP contribution in [0.2, 0.25) is 0 Å². The van der Waals surface area contributed by atoms with Crippen LogP contribution in [-0.4, -0.2) is 9.13 Å². The molecule has 2 heterocycles. The van der Waals surface area contributed by atoms with Gasteiger partial charge in [-0.25, -0.2) is 0 Å². The maximum absolute atomic E-state index is 2.48. The van der Waals surface area contributed by atoms with Crippen LogP contribution in [-0.2, 0) is 10.8 Å². The Kier molecular flexibility index (Phi) is 8.51. The molecule has 0 fully saturated rings. The van der Waals surface area contributed by atoms with Gasteiger partial charge in [0.25, 0.3) is 0 Å². The average molecular weight is 919 g/mol. The second-order valence-electron chi connectivity index (χ2n) is 21.3. The van der Waals surface area contributed by atoms with Crippen molar-refractivity contribution in [3.8, 4) is 67.0 Å². The highest BCUT2D eigenvalue weighted by Crippen LogP contribution is 2.53. The first-order valence-electron chi connectivity index (χ1n) is 25.4. The second-order valence-corrected chi connectivity index (χ2v) is 21.3. The van der Waals surface area contributed by atoms with Crippen molar-refractivity contribution in [1.82, 2.24) is 9.13 Å². The molecule has 340 valence electrons. The van der Waals surface area contributed by atoms with Gasteiger partial charge in [-0.2, -0.15) is 0 Å². The van der Waals surface area contributed by atoms with E-state index in [-0.39, 0.29) is 10.8 Å². The first-order chi connectivity index (χ1) is 35.2. The lowest BCUT2D eigenvalue weighted by Crippen LogP contribution is -2.15. The zero-order valence-corrected chi connectivity index (χ0v) is 40.8. The molecule has 0 aliphatic heterocycles. The molecule has 2 aromatic heterocycles. The molecule has 2 heteroatoms. The Morgan fingerprint density at radius 2 is 0.625 bits per heavy atom. The summed E-state index contributed by atoms with van der Waals surface area (Å²) in [5, 5.41) is 7.59. The van der Waals surface area contributed by atoms with Gasteiger partial charge < -0.3 is 9.13 Å². The molecule has 0 unspecified atom stereocenters. The Bertz CT molecular complexity index is 4440. The van der Waals surface area contributed by atoms with E-state index in [9.17, 15) is 0 Å². The van der Waals surface area contributed by atoms with Crippen LogP contribution in [0.1, 0.15) is 49.9 Å². The molecule has 0 atom stereocenters. The lowest BCUT2D eigenvalue weighted by molar-refractivity contribution is 0.660.